The lowest BCUT2D eigenvalue weighted by Crippen LogP contribution is -2.41. The van der Waals surface area contributed by atoms with E-state index in [1.165, 1.54) is 0 Å². The number of likely N-dealkylation sites (N-methyl/N-ethyl adjacent to an activating group) is 1. The maximum absolute atomic E-state index is 11.8. The molecule has 0 aliphatic rings. The number of guanidine groups is 1. The van der Waals surface area contributed by atoms with Crippen molar-refractivity contribution in [3.8, 4) is 5.75 Å². The van der Waals surface area contributed by atoms with Crippen LogP contribution in [0.2, 0.25) is 0 Å². The molecule has 7 heteroatoms. The molecule has 0 heterocycles. The van der Waals surface area contributed by atoms with Gasteiger partial charge in [-0.3, -0.25) is 4.79 Å². The van der Waals surface area contributed by atoms with Crippen molar-refractivity contribution in [1.29, 1.82) is 0 Å². The lowest BCUT2D eigenvalue weighted by Gasteiger charge is -2.23. The van der Waals surface area contributed by atoms with Crippen LogP contribution >= 0.6 is 24.0 Å². The molecule has 0 saturated heterocycles. The highest BCUT2D eigenvalue weighted by molar-refractivity contribution is 14.0. The normalized spacial score (nSPS) is 10.9. The van der Waals surface area contributed by atoms with Crippen LogP contribution < -0.4 is 10.1 Å². The third-order valence-corrected chi connectivity index (χ3v) is 3.47. The van der Waals surface area contributed by atoms with Crippen molar-refractivity contribution in [3.05, 3.63) is 29.8 Å². The molecule has 0 fully saturated rings. The summed E-state index contributed by atoms with van der Waals surface area (Å²) < 4.78 is 5.18. The zero-order chi connectivity index (χ0) is 18.1. The summed E-state index contributed by atoms with van der Waals surface area (Å²) in [7, 11) is 7.10. The van der Waals surface area contributed by atoms with Gasteiger partial charge >= 0.3 is 0 Å². The number of carbonyl (C=O) groups excluding carboxylic acids is 1. The Balaban J connectivity index is 0.00000576. The number of methoxy groups -OCH3 is 1. The summed E-state index contributed by atoms with van der Waals surface area (Å²) >= 11 is 0. The highest BCUT2D eigenvalue weighted by Gasteiger charge is 2.10. The Hall–Kier alpha value is -1.51. The smallest absolute Gasteiger partial charge is 0.243 e. The number of aliphatic imine (C=N–C) groups is 1. The van der Waals surface area contributed by atoms with Gasteiger partial charge in [-0.25, -0.2) is 4.99 Å². The Morgan fingerprint density at radius 3 is 2.28 bits per heavy atom. The Morgan fingerprint density at radius 1 is 1.20 bits per heavy atom. The molecule has 142 valence electrons. The number of nitrogens with zero attached hydrogens (tertiary/aromatic N) is 3. The van der Waals surface area contributed by atoms with E-state index in [-0.39, 0.29) is 36.4 Å². The minimum Gasteiger partial charge on any atom is -0.497 e. The number of amides is 1. The maximum Gasteiger partial charge on any atom is 0.243 e. The molecule has 1 aromatic carbocycles. The number of halogens is 1. The quantitative estimate of drug-likeness (QED) is 0.384. The van der Waals surface area contributed by atoms with Crippen LogP contribution in [-0.2, 0) is 11.3 Å². The molecule has 1 amide bonds. The Morgan fingerprint density at radius 2 is 1.80 bits per heavy atom. The summed E-state index contributed by atoms with van der Waals surface area (Å²) in [5, 5.41) is 3.34. The van der Waals surface area contributed by atoms with E-state index < -0.39 is 0 Å². The summed E-state index contributed by atoms with van der Waals surface area (Å²) in [4.78, 5) is 19.8. The van der Waals surface area contributed by atoms with Crippen LogP contribution in [0.1, 0.15) is 19.4 Å². The molecule has 0 aliphatic heterocycles. The van der Waals surface area contributed by atoms with Crippen molar-refractivity contribution in [2.24, 2.45) is 10.9 Å². The van der Waals surface area contributed by atoms with E-state index in [4.69, 9.17) is 4.74 Å². The molecule has 1 aromatic rings. The van der Waals surface area contributed by atoms with Crippen molar-refractivity contribution in [2.75, 3.05) is 41.3 Å². The lowest BCUT2D eigenvalue weighted by atomic mass is 10.2. The third-order valence-electron chi connectivity index (χ3n) is 3.47. The molecule has 0 radical (unpaired) electrons. The Kier molecular flexibility index (Phi) is 11.2. The molecule has 25 heavy (non-hydrogen) atoms. The van der Waals surface area contributed by atoms with Gasteiger partial charge in [0.2, 0.25) is 5.91 Å². The molecule has 1 N–H and O–H groups in total. The first-order chi connectivity index (χ1) is 11.3. The van der Waals surface area contributed by atoms with Crippen LogP contribution in [0.3, 0.4) is 0 Å². The van der Waals surface area contributed by atoms with Gasteiger partial charge in [0.25, 0.3) is 0 Å². The molecular weight excluding hydrogens is 431 g/mol. The maximum atomic E-state index is 11.8. The lowest BCUT2D eigenvalue weighted by molar-refractivity contribution is -0.127. The first-order valence-electron chi connectivity index (χ1n) is 8.16. The number of carbonyl (C=O) groups is 1. The summed E-state index contributed by atoms with van der Waals surface area (Å²) in [6, 6.07) is 7.94. The van der Waals surface area contributed by atoms with Crippen molar-refractivity contribution < 1.29 is 9.53 Å². The van der Waals surface area contributed by atoms with Crippen LogP contribution in [0.15, 0.2) is 29.3 Å². The van der Waals surface area contributed by atoms with E-state index in [0.717, 1.165) is 23.8 Å². The van der Waals surface area contributed by atoms with Crippen LogP contribution in [-0.4, -0.2) is 63.0 Å². The van der Waals surface area contributed by atoms with E-state index in [2.05, 4.69) is 24.2 Å². The molecule has 0 unspecified atom stereocenters. The highest BCUT2D eigenvalue weighted by atomic mass is 127. The van der Waals surface area contributed by atoms with Crippen molar-refractivity contribution in [2.45, 2.75) is 20.4 Å². The highest BCUT2D eigenvalue weighted by Crippen LogP contribution is 2.12. The van der Waals surface area contributed by atoms with Gasteiger partial charge in [0.05, 0.1) is 7.11 Å². The average molecular weight is 462 g/mol. The van der Waals surface area contributed by atoms with Gasteiger partial charge < -0.3 is 19.9 Å². The zero-order valence-corrected chi connectivity index (χ0v) is 18.4. The summed E-state index contributed by atoms with van der Waals surface area (Å²) in [6.07, 6.45) is 0. The van der Waals surface area contributed by atoms with Crippen LogP contribution in [0.4, 0.5) is 0 Å². The number of rotatable bonds is 7. The predicted molar refractivity (Wildman–Crippen MR) is 114 cm³/mol. The molecule has 1 rings (SSSR count). The fraction of sp³-hybridized carbons (Fsp3) is 0.556. The second-order valence-corrected chi connectivity index (χ2v) is 6.41. The number of hydrogen-bond donors (Lipinski definition) is 1. The van der Waals surface area contributed by atoms with Crippen molar-refractivity contribution in [3.63, 3.8) is 0 Å². The molecule has 0 spiro atoms. The SMILES string of the molecule is COc1ccc(CN(C)C(=NCC(=O)N(C)C)NCC(C)C)cc1.I. The van der Waals surface area contributed by atoms with Crippen molar-refractivity contribution in [1.82, 2.24) is 15.1 Å². The number of ether oxygens (including phenoxy) is 1. The van der Waals surface area contributed by atoms with Crippen molar-refractivity contribution >= 4 is 35.8 Å². The van der Waals surface area contributed by atoms with Crippen LogP contribution in [0.25, 0.3) is 0 Å². The molecule has 0 saturated carbocycles. The van der Waals surface area contributed by atoms with E-state index >= 15 is 0 Å². The first-order valence-corrected chi connectivity index (χ1v) is 8.16. The van der Waals surface area contributed by atoms with Gasteiger partial charge in [-0.15, -0.1) is 24.0 Å². The largest absolute Gasteiger partial charge is 0.497 e. The van der Waals surface area contributed by atoms with E-state index in [1.807, 2.05) is 36.2 Å². The summed E-state index contributed by atoms with van der Waals surface area (Å²) in [6.45, 7) is 5.92. The zero-order valence-electron chi connectivity index (χ0n) is 16.1. The Labute approximate surface area is 168 Å². The minimum absolute atomic E-state index is 0. The van der Waals surface area contributed by atoms with Gasteiger partial charge in [-0.1, -0.05) is 26.0 Å². The van der Waals surface area contributed by atoms with Gasteiger partial charge in [-0.05, 0) is 23.6 Å². The second-order valence-electron chi connectivity index (χ2n) is 6.41. The van der Waals surface area contributed by atoms with Gasteiger partial charge in [0.1, 0.15) is 12.3 Å². The molecule has 0 aromatic heterocycles. The summed E-state index contributed by atoms with van der Waals surface area (Å²) in [5.41, 5.74) is 1.15. The topological polar surface area (TPSA) is 57.2 Å². The second kappa shape index (κ2) is 11.9. The fourth-order valence-electron chi connectivity index (χ4n) is 1.97. The van der Waals surface area contributed by atoms with E-state index in [9.17, 15) is 4.79 Å². The van der Waals surface area contributed by atoms with E-state index in [0.29, 0.717) is 12.5 Å². The number of benzene rings is 1. The summed E-state index contributed by atoms with van der Waals surface area (Å²) in [5.74, 6) is 2.05. The molecule has 6 nitrogen and oxygen atoms in total. The molecular formula is C18H31IN4O2. The molecule has 0 atom stereocenters. The standard InChI is InChI=1S/C18H30N4O2.HI/c1-14(2)11-19-18(20-12-17(23)21(3)4)22(5)13-15-7-9-16(24-6)10-8-15;/h7-10,14H,11-13H2,1-6H3,(H,19,20);1H. The monoisotopic (exact) mass is 462 g/mol. The van der Waals surface area contributed by atoms with Gasteiger partial charge in [-0.2, -0.15) is 0 Å². The Bertz CT molecular complexity index is 545. The average Bonchev–Trinajstić information content (AvgIpc) is 2.54. The fourth-order valence-corrected chi connectivity index (χ4v) is 1.97. The number of nitrogens with one attached hydrogen (secondary N) is 1. The van der Waals surface area contributed by atoms with Crippen LogP contribution in [0, 0.1) is 5.92 Å². The van der Waals surface area contributed by atoms with E-state index in [1.54, 1.807) is 26.1 Å². The predicted octanol–water partition coefficient (Wildman–Crippen LogP) is 2.43. The first kappa shape index (κ1) is 23.5. The number of hydrogen-bond acceptors (Lipinski definition) is 3. The third kappa shape index (κ3) is 8.94. The molecule has 0 aliphatic carbocycles. The minimum atomic E-state index is -0.0169. The van der Waals surface area contributed by atoms with Gasteiger partial charge in [0.15, 0.2) is 5.96 Å². The van der Waals surface area contributed by atoms with Gasteiger partial charge in [0, 0.05) is 34.2 Å². The van der Waals surface area contributed by atoms with Crippen LogP contribution in [0.5, 0.6) is 5.75 Å². The molecule has 0 bridgehead atoms.